The molecule has 0 aliphatic rings. The number of aliphatic hydroxyl groups is 1. The third-order valence-electron chi connectivity index (χ3n) is 2.51. The predicted molar refractivity (Wildman–Crippen MR) is 59.1 cm³/mol. The summed E-state index contributed by atoms with van der Waals surface area (Å²) >= 11 is 0. The Morgan fingerprint density at radius 1 is 1.47 bits per heavy atom. The van der Waals surface area contributed by atoms with Crippen molar-refractivity contribution in [2.75, 3.05) is 6.61 Å². The fourth-order valence-electron chi connectivity index (χ4n) is 1.44. The minimum atomic E-state index is -0.195. The highest BCUT2D eigenvalue weighted by molar-refractivity contribution is 5.26. The Bertz CT molecular complexity index is 314. The van der Waals surface area contributed by atoms with Crippen LogP contribution < -0.4 is 5.32 Å². The number of nitrogens with one attached hydrogen (secondary N) is 1. The monoisotopic (exact) mass is 211 g/mol. The van der Waals surface area contributed by atoms with Crippen molar-refractivity contribution in [3.05, 3.63) is 35.1 Å². The molecule has 15 heavy (non-hydrogen) atoms. The Morgan fingerprint density at radius 2 is 2.20 bits per heavy atom. The zero-order valence-electron chi connectivity index (χ0n) is 9.26. The van der Waals surface area contributed by atoms with E-state index in [4.69, 9.17) is 5.11 Å². The maximum atomic E-state index is 12.8. The summed E-state index contributed by atoms with van der Waals surface area (Å²) in [6, 6.07) is 5.08. The maximum Gasteiger partial charge on any atom is 0.123 e. The average molecular weight is 211 g/mol. The molecule has 0 aliphatic heterocycles. The fourth-order valence-corrected chi connectivity index (χ4v) is 1.44. The second-order valence-electron chi connectivity index (χ2n) is 3.87. The van der Waals surface area contributed by atoms with Crippen LogP contribution in [-0.4, -0.2) is 17.8 Å². The van der Waals surface area contributed by atoms with E-state index < -0.39 is 0 Å². The SMILES string of the molecule is Cc1cc(F)ccc1CN[C@H](C)CCO. The lowest BCUT2D eigenvalue weighted by Gasteiger charge is -2.13. The second-order valence-corrected chi connectivity index (χ2v) is 3.87. The van der Waals surface area contributed by atoms with E-state index in [2.05, 4.69) is 5.32 Å². The molecule has 0 aromatic heterocycles. The van der Waals surface area contributed by atoms with Gasteiger partial charge >= 0.3 is 0 Å². The van der Waals surface area contributed by atoms with Crippen LogP contribution in [0.1, 0.15) is 24.5 Å². The summed E-state index contributed by atoms with van der Waals surface area (Å²) in [7, 11) is 0. The summed E-state index contributed by atoms with van der Waals surface area (Å²) in [6.45, 7) is 4.83. The van der Waals surface area contributed by atoms with Gasteiger partial charge < -0.3 is 10.4 Å². The van der Waals surface area contributed by atoms with Crippen LogP contribution in [0, 0.1) is 12.7 Å². The first-order chi connectivity index (χ1) is 7.13. The summed E-state index contributed by atoms with van der Waals surface area (Å²) in [5.74, 6) is -0.195. The fraction of sp³-hybridized carbons (Fsp3) is 0.500. The van der Waals surface area contributed by atoms with Gasteiger partial charge in [-0.2, -0.15) is 0 Å². The van der Waals surface area contributed by atoms with Gasteiger partial charge in [0.05, 0.1) is 0 Å². The number of aryl methyl sites for hydroxylation is 1. The number of hydrogen-bond donors (Lipinski definition) is 2. The van der Waals surface area contributed by atoms with E-state index in [9.17, 15) is 4.39 Å². The van der Waals surface area contributed by atoms with Gasteiger partial charge in [-0.05, 0) is 43.5 Å². The molecule has 3 heteroatoms. The van der Waals surface area contributed by atoms with Crippen molar-refractivity contribution in [1.29, 1.82) is 0 Å². The second kappa shape index (κ2) is 5.83. The highest BCUT2D eigenvalue weighted by atomic mass is 19.1. The summed E-state index contributed by atoms with van der Waals surface area (Å²) in [6.07, 6.45) is 0.736. The van der Waals surface area contributed by atoms with Crippen molar-refractivity contribution in [2.45, 2.75) is 32.9 Å². The zero-order valence-corrected chi connectivity index (χ0v) is 9.26. The zero-order chi connectivity index (χ0) is 11.3. The molecule has 1 aromatic carbocycles. The topological polar surface area (TPSA) is 32.3 Å². The molecular weight excluding hydrogens is 193 g/mol. The number of aliphatic hydroxyl groups excluding tert-OH is 1. The van der Waals surface area contributed by atoms with Gasteiger partial charge in [-0.25, -0.2) is 4.39 Å². The van der Waals surface area contributed by atoms with E-state index in [-0.39, 0.29) is 18.5 Å². The average Bonchev–Trinajstić information content (AvgIpc) is 2.17. The Kier molecular flexibility index (Phi) is 4.72. The van der Waals surface area contributed by atoms with Crippen LogP contribution in [-0.2, 0) is 6.54 Å². The van der Waals surface area contributed by atoms with Gasteiger partial charge in [0.1, 0.15) is 5.82 Å². The van der Waals surface area contributed by atoms with Crippen molar-refractivity contribution in [3.8, 4) is 0 Å². The molecule has 0 unspecified atom stereocenters. The molecule has 0 fully saturated rings. The molecule has 1 rings (SSSR count). The van der Waals surface area contributed by atoms with Crippen molar-refractivity contribution < 1.29 is 9.50 Å². The van der Waals surface area contributed by atoms with Crippen LogP contribution in [0.3, 0.4) is 0 Å². The first-order valence-corrected chi connectivity index (χ1v) is 5.22. The first kappa shape index (κ1) is 12.1. The highest BCUT2D eigenvalue weighted by Crippen LogP contribution is 2.10. The lowest BCUT2D eigenvalue weighted by atomic mass is 10.1. The molecule has 2 N–H and O–H groups in total. The van der Waals surface area contributed by atoms with Crippen molar-refractivity contribution in [1.82, 2.24) is 5.32 Å². The molecule has 0 saturated heterocycles. The molecule has 1 atom stereocenters. The molecule has 84 valence electrons. The van der Waals surface area contributed by atoms with Crippen LogP contribution in [0.15, 0.2) is 18.2 Å². The molecule has 2 nitrogen and oxygen atoms in total. The molecule has 0 saturated carbocycles. The summed E-state index contributed by atoms with van der Waals surface area (Å²) in [5.41, 5.74) is 2.06. The Labute approximate surface area is 90.1 Å². The van der Waals surface area contributed by atoms with Crippen LogP contribution in [0.5, 0.6) is 0 Å². The van der Waals surface area contributed by atoms with E-state index in [0.29, 0.717) is 6.54 Å². The quantitative estimate of drug-likeness (QED) is 0.780. The molecule has 0 aliphatic carbocycles. The Morgan fingerprint density at radius 3 is 2.80 bits per heavy atom. The number of hydrogen-bond acceptors (Lipinski definition) is 2. The number of halogens is 1. The molecule has 0 radical (unpaired) electrons. The summed E-state index contributed by atoms with van der Waals surface area (Å²) < 4.78 is 12.8. The molecule has 0 amide bonds. The van der Waals surface area contributed by atoms with E-state index in [0.717, 1.165) is 17.5 Å². The Balaban J connectivity index is 2.50. The standard InChI is InChI=1S/C12H18FNO/c1-9-7-12(13)4-3-11(9)8-14-10(2)5-6-15/h3-4,7,10,14-15H,5-6,8H2,1-2H3/t10-/m1/s1. The van der Waals surface area contributed by atoms with Gasteiger partial charge in [0.2, 0.25) is 0 Å². The van der Waals surface area contributed by atoms with Crippen LogP contribution in [0.4, 0.5) is 4.39 Å². The van der Waals surface area contributed by atoms with Gasteiger partial charge in [0.15, 0.2) is 0 Å². The lowest BCUT2D eigenvalue weighted by Crippen LogP contribution is -2.26. The van der Waals surface area contributed by atoms with Gasteiger partial charge in [-0.15, -0.1) is 0 Å². The van der Waals surface area contributed by atoms with E-state index >= 15 is 0 Å². The van der Waals surface area contributed by atoms with Crippen LogP contribution in [0.25, 0.3) is 0 Å². The van der Waals surface area contributed by atoms with Gasteiger partial charge in [-0.3, -0.25) is 0 Å². The molecule has 0 bridgehead atoms. The molecule has 1 aromatic rings. The van der Waals surface area contributed by atoms with Crippen LogP contribution in [0.2, 0.25) is 0 Å². The normalized spacial score (nSPS) is 12.8. The van der Waals surface area contributed by atoms with E-state index in [1.54, 1.807) is 6.07 Å². The minimum absolute atomic E-state index is 0.191. The summed E-state index contributed by atoms with van der Waals surface area (Å²) in [5, 5.41) is 12.0. The van der Waals surface area contributed by atoms with Crippen molar-refractivity contribution in [3.63, 3.8) is 0 Å². The molecule has 0 spiro atoms. The Hall–Kier alpha value is -0.930. The third-order valence-corrected chi connectivity index (χ3v) is 2.51. The minimum Gasteiger partial charge on any atom is -0.396 e. The number of rotatable bonds is 5. The van der Waals surface area contributed by atoms with Crippen molar-refractivity contribution >= 4 is 0 Å². The van der Waals surface area contributed by atoms with Gasteiger partial charge in [0, 0.05) is 19.2 Å². The number of benzene rings is 1. The summed E-state index contributed by atoms with van der Waals surface area (Å²) in [4.78, 5) is 0. The van der Waals surface area contributed by atoms with Crippen molar-refractivity contribution in [2.24, 2.45) is 0 Å². The smallest absolute Gasteiger partial charge is 0.123 e. The highest BCUT2D eigenvalue weighted by Gasteiger charge is 2.03. The predicted octanol–water partition coefficient (Wildman–Crippen LogP) is 1.99. The molecule has 0 heterocycles. The lowest BCUT2D eigenvalue weighted by molar-refractivity contribution is 0.268. The first-order valence-electron chi connectivity index (χ1n) is 5.22. The third kappa shape index (κ3) is 3.98. The van der Waals surface area contributed by atoms with E-state index in [1.807, 2.05) is 13.8 Å². The maximum absolute atomic E-state index is 12.8. The van der Waals surface area contributed by atoms with Gasteiger partial charge in [-0.1, -0.05) is 6.07 Å². The largest absolute Gasteiger partial charge is 0.396 e. The van der Waals surface area contributed by atoms with Crippen LogP contribution >= 0.6 is 0 Å². The van der Waals surface area contributed by atoms with Gasteiger partial charge in [0.25, 0.3) is 0 Å². The molecular formula is C12H18FNO. The van der Waals surface area contributed by atoms with E-state index in [1.165, 1.54) is 12.1 Å².